The van der Waals surface area contributed by atoms with Crippen LogP contribution in [0.3, 0.4) is 0 Å². The lowest BCUT2D eigenvalue weighted by molar-refractivity contribution is -0.147. The Labute approximate surface area is 124 Å². The Kier molecular flexibility index (Phi) is 3.07. The molecule has 2 unspecified atom stereocenters. The molecule has 0 aromatic heterocycles. The third kappa shape index (κ3) is 2.18. The average Bonchev–Trinajstić information content (AvgIpc) is 2.98. The summed E-state index contributed by atoms with van der Waals surface area (Å²) in [5.41, 5.74) is 1.62. The van der Waals surface area contributed by atoms with Crippen molar-refractivity contribution < 1.29 is 9.53 Å². The second-order valence-corrected chi connectivity index (χ2v) is 6.41. The third-order valence-electron chi connectivity index (χ3n) is 5.25. The number of rotatable bonds is 2. The predicted molar refractivity (Wildman–Crippen MR) is 81.0 cm³/mol. The molecule has 4 aliphatic rings. The fourth-order valence-corrected chi connectivity index (χ4v) is 4.00. The van der Waals surface area contributed by atoms with Crippen molar-refractivity contribution in [2.75, 3.05) is 7.05 Å². The summed E-state index contributed by atoms with van der Waals surface area (Å²) in [5, 5.41) is 0. The maximum absolute atomic E-state index is 12.4. The fraction of sp³-hybridized carbons (Fsp3) is 0.529. The van der Waals surface area contributed by atoms with E-state index in [1.807, 2.05) is 24.3 Å². The smallest absolute Gasteiger partial charge is 0.336 e. The first kappa shape index (κ1) is 13.0. The molecule has 4 nitrogen and oxygen atoms in total. The van der Waals surface area contributed by atoms with Crippen molar-refractivity contribution in [3.05, 3.63) is 36.1 Å². The van der Waals surface area contributed by atoms with Crippen LogP contribution < -0.4 is 0 Å². The second kappa shape index (κ2) is 4.95. The molecule has 0 aromatic carbocycles. The number of carbonyl (C=O) groups excluding carboxylic acids is 1. The van der Waals surface area contributed by atoms with Crippen LogP contribution in [0.1, 0.15) is 25.7 Å². The van der Waals surface area contributed by atoms with E-state index < -0.39 is 0 Å². The van der Waals surface area contributed by atoms with Gasteiger partial charge in [0, 0.05) is 31.1 Å². The molecule has 4 heteroatoms. The lowest BCUT2D eigenvalue weighted by Gasteiger charge is -2.36. The molecule has 0 amide bonds. The molecule has 2 bridgehead atoms. The summed E-state index contributed by atoms with van der Waals surface area (Å²) < 4.78 is 5.79. The Morgan fingerprint density at radius 1 is 1.29 bits per heavy atom. The van der Waals surface area contributed by atoms with Crippen LogP contribution in [-0.4, -0.2) is 41.8 Å². The largest absolute Gasteiger partial charge is 0.459 e. The van der Waals surface area contributed by atoms with Gasteiger partial charge in [0.25, 0.3) is 0 Å². The molecular formula is C17H20N2O2. The second-order valence-electron chi connectivity index (χ2n) is 6.41. The monoisotopic (exact) mass is 284 g/mol. The van der Waals surface area contributed by atoms with E-state index in [0.717, 1.165) is 18.6 Å². The number of ether oxygens (including phenoxy) is 1. The predicted octanol–water partition coefficient (Wildman–Crippen LogP) is 2.24. The Morgan fingerprint density at radius 3 is 2.81 bits per heavy atom. The molecule has 3 aliphatic heterocycles. The highest BCUT2D eigenvalue weighted by Crippen LogP contribution is 2.36. The van der Waals surface area contributed by atoms with Crippen LogP contribution in [0, 0.1) is 5.92 Å². The van der Waals surface area contributed by atoms with Gasteiger partial charge in [-0.25, -0.2) is 4.79 Å². The van der Waals surface area contributed by atoms with Crippen LogP contribution in [0.15, 0.2) is 41.1 Å². The number of esters is 1. The zero-order valence-corrected chi connectivity index (χ0v) is 12.2. The minimum absolute atomic E-state index is 0.00881. The van der Waals surface area contributed by atoms with Crippen LogP contribution >= 0.6 is 0 Å². The quantitative estimate of drug-likeness (QED) is 0.730. The van der Waals surface area contributed by atoms with Gasteiger partial charge in [-0.2, -0.15) is 0 Å². The van der Waals surface area contributed by atoms with E-state index in [2.05, 4.69) is 16.9 Å². The van der Waals surface area contributed by atoms with Gasteiger partial charge in [-0.3, -0.25) is 4.99 Å². The van der Waals surface area contributed by atoms with Crippen molar-refractivity contribution in [3.8, 4) is 0 Å². The summed E-state index contributed by atoms with van der Waals surface area (Å²) in [6.45, 7) is 0. The van der Waals surface area contributed by atoms with Crippen LogP contribution in [0.2, 0.25) is 0 Å². The Bertz CT molecular complexity index is 574. The van der Waals surface area contributed by atoms with E-state index in [9.17, 15) is 4.79 Å². The molecule has 4 atom stereocenters. The molecule has 110 valence electrons. The highest BCUT2D eigenvalue weighted by Gasteiger charge is 2.40. The first-order valence-electron chi connectivity index (χ1n) is 7.78. The third-order valence-corrected chi connectivity index (χ3v) is 5.25. The van der Waals surface area contributed by atoms with E-state index in [1.54, 1.807) is 6.20 Å². The fourth-order valence-electron chi connectivity index (χ4n) is 4.00. The minimum atomic E-state index is -0.187. The highest BCUT2D eigenvalue weighted by molar-refractivity contribution is 6.09. The maximum Gasteiger partial charge on any atom is 0.336 e. The van der Waals surface area contributed by atoms with Crippen molar-refractivity contribution in [3.63, 3.8) is 0 Å². The lowest BCUT2D eigenvalue weighted by atomic mass is 9.93. The Hall–Kier alpha value is -1.68. The summed E-state index contributed by atoms with van der Waals surface area (Å²) in [5.74, 6) is -0.196. The molecule has 0 saturated carbocycles. The SMILES string of the molecule is CN1[C@@H]2CC[C@H]1CC(OC(=O)C1=CN=C3C=CC=CC13)C2. The number of nitrogens with zero attached hydrogens (tertiary/aromatic N) is 2. The van der Waals surface area contributed by atoms with Gasteiger partial charge in [0.2, 0.25) is 0 Å². The van der Waals surface area contributed by atoms with E-state index in [1.165, 1.54) is 12.8 Å². The Morgan fingerprint density at radius 2 is 2.05 bits per heavy atom. The zero-order chi connectivity index (χ0) is 14.4. The van der Waals surface area contributed by atoms with Crippen molar-refractivity contribution in [1.82, 2.24) is 4.90 Å². The van der Waals surface area contributed by atoms with Crippen molar-refractivity contribution in [1.29, 1.82) is 0 Å². The van der Waals surface area contributed by atoms with Gasteiger partial charge >= 0.3 is 5.97 Å². The van der Waals surface area contributed by atoms with Crippen LogP contribution in [0.5, 0.6) is 0 Å². The van der Waals surface area contributed by atoms with Crippen molar-refractivity contribution in [2.24, 2.45) is 10.9 Å². The lowest BCUT2D eigenvalue weighted by Crippen LogP contribution is -2.43. The number of fused-ring (bicyclic) bond motifs is 3. The molecule has 0 aromatic rings. The molecule has 3 heterocycles. The van der Waals surface area contributed by atoms with Crippen LogP contribution in [-0.2, 0) is 9.53 Å². The number of carbonyl (C=O) groups is 1. The minimum Gasteiger partial charge on any atom is -0.459 e. The number of hydrogen-bond donors (Lipinski definition) is 0. The summed E-state index contributed by atoms with van der Waals surface area (Å²) >= 11 is 0. The zero-order valence-electron chi connectivity index (χ0n) is 12.2. The van der Waals surface area contributed by atoms with Crippen LogP contribution in [0.25, 0.3) is 0 Å². The molecule has 4 rings (SSSR count). The molecule has 0 N–H and O–H groups in total. The summed E-state index contributed by atoms with van der Waals surface area (Å²) in [6, 6.07) is 1.17. The highest BCUT2D eigenvalue weighted by atomic mass is 16.5. The summed E-state index contributed by atoms with van der Waals surface area (Å²) in [6.07, 6.45) is 14.0. The molecule has 2 fully saturated rings. The molecule has 21 heavy (non-hydrogen) atoms. The van der Waals surface area contributed by atoms with Gasteiger partial charge in [-0.15, -0.1) is 0 Å². The average molecular weight is 284 g/mol. The summed E-state index contributed by atoms with van der Waals surface area (Å²) in [4.78, 5) is 19.2. The molecule has 1 aliphatic carbocycles. The Balaban J connectivity index is 1.41. The summed E-state index contributed by atoms with van der Waals surface area (Å²) in [7, 11) is 2.19. The molecule has 0 spiro atoms. The standard InChI is InChI=1S/C17H20N2O2/c1-19-11-6-7-12(19)9-13(8-11)21-17(20)15-10-18-16-5-3-2-4-14(15)16/h2-5,10-14H,6-9H2,1H3/t11-,12+,13?,14?. The van der Waals surface area contributed by atoms with Crippen LogP contribution in [0.4, 0.5) is 0 Å². The van der Waals surface area contributed by atoms with Gasteiger partial charge in [0.1, 0.15) is 6.10 Å². The first-order valence-corrected chi connectivity index (χ1v) is 7.78. The van der Waals surface area contributed by atoms with Gasteiger partial charge in [0.15, 0.2) is 0 Å². The molecule has 0 radical (unpaired) electrons. The van der Waals surface area contributed by atoms with E-state index >= 15 is 0 Å². The van der Waals surface area contributed by atoms with Crippen molar-refractivity contribution >= 4 is 11.7 Å². The number of piperidine rings is 1. The van der Waals surface area contributed by atoms with Gasteiger partial charge in [0.05, 0.1) is 17.2 Å². The first-order chi connectivity index (χ1) is 10.2. The van der Waals surface area contributed by atoms with Gasteiger partial charge in [-0.1, -0.05) is 18.2 Å². The van der Waals surface area contributed by atoms with Crippen molar-refractivity contribution in [2.45, 2.75) is 43.9 Å². The number of hydrogen-bond acceptors (Lipinski definition) is 4. The molecule has 2 saturated heterocycles. The number of aliphatic imine (C=N–C) groups is 1. The van der Waals surface area contributed by atoms with E-state index in [0.29, 0.717) is 17.7 Å². The molecular weight excluding hydrogens is 264 g/mol. The van der Waals surface area contributed by atoms with Gasteiger partial charge in [-0.05, 0) is 26.0 Å². The normalized spacial score (nSPS) is 37.2. The van der Waals surface area contributed by atoms with E-state index in [-0.39, 0.29) is 18.0 Å². The van der Waals surface area contributed by atoms with Gasteiger partial charge < -0.3 is 9.64 Å². The topological polar surface area (TPSA) is 41.9 Å². The van der Waals surface area contributed by atoms with E-state index in [4.69, 9.17) is 4.74 Å². The number of allylic oxidation sites excluding steroid dienone is 4. The maximum atomic E-state index is 12.4.